The third-order valence-electron chi connectivity index (χ3n) is 2.11. The Hall–Kier alpha value is -0.0800. The van der Waals surface area contributed by atoms with Gasteiger partial charge in [-0.25, -0.2) is 0 Å². The van der Waals surface area contributed by atoms with E-state index >= 15 is 0 Å². The Morgan fingerprint density at radius 3 is 2.25 bits per heavy atom. The van der Waals surface area contributed by atoms with Crippen molar-refractivity contribution in [2.24, 2.45) is 5.92 Å². The second-order valence-corrected chi connectivity index (χ2v) is 4.32. The summed E-state index contributed by atoms with van der Waals surface area (Å²) in [7, 11) is 0. The molecule has 0 aromatic heterocycles. The van der Waals surface area contributed by atoms with E-state index < -0.39 is 5.60 Å². The second-order valence-electron chi connectivity index (χ2n) is 4.32. The first kappa shape index (κ1) is 11.9. The minimum absolute atomic E-state index is 0.281. The molecular formula is C10H22O2. The van der Waals surface area contributed by atoms with Gasteiger partial charge in [0.25, 0.3) is 0 Å². The molecule has 2 nitrogen and oxygen atoms in total. The van der Waals surface area contributed by atoms with Crippen LogP contribution in [0.25, 0.3) is 0 Å². The molecule has 0 aliphatic rings. The number of rotatable bonds is 6. The quantitative estimate of drug-likeness (QED) is 0.646. The van der Waals surface area contributed by atoms with E-state index in [1.54, 1.807) is 0 Å². The van der Waals surface area contributed by atoms with Gasteiger partial charge in [0.1, 0.15) is 0 Å². The highest BCUT2D eigenvalue weighted by molar-refractivity contribution is 4.65. The normalized spacial score (nSPS) is 14.8. The lowest BCUT2D eigenvalue weighted by molar-refractivity contribution is 0.0667. The number of aliphatic hydroxyl groups is 2. The first-order valence-corrected chi connectivity index (χ1v) is 4.79. The van der Waals surface area contributed by atoms with E-state index in [2.05, 4.69) is 6.92 Å². The largest absolute Gasteiger partial charge is 0.396 e. The molecule has 0 saturated carbocycles. The van der Waals surface area contributed by atoms with Crippen LogP contribution in [0.3, 0.4) is 0 Å². The lowest BCUT2D eigenvalue weighted by atomic mass is 9.95. The molecule has 0 unspecified atom stereocenters. The fourth-order valence-corrected chi connectivity index (χ4v) is 1.25. The van der Waals surface area contributed by atoms with Gasteiger partial charge in [-0.05, 0) is 32.6 Å². The molecule has 0 rings (SSSR count). The summed E-state index contributed by atoms with van der Waals surface area (Å²) >= 11 is 0. The lowest BCUT2D eigenvalue weighted by Crippen LogP contribution is -2.18. The summed E-state index contributed by atoms with van der Waals surface area (Å²) in [5.41, 5.74) is -0.529. The van der Waals surface area contributed by atoms with Crippen LogP contribution in [0.15, 0.2) is 0 Å². The topological polar surface area (TPSA) is 40.5 Å². The Morgan fingerprint density at radius 1 is 1.25 bits per heavy atom. The van der Waals surface area contributed by atoms with Crippen molar-refractivity contribution in [1.82, 2.24) is 0 Å². The molecule has 0 aromatic carbocycles. The molecule has 2 N–H and O–H groups in total. The van der Waals surface area contributed by atoms with Crippen LogP contribution in [0.5, 0.6) is 0 Å². The minimum atomic E-state index is -0.529. The molecule has 0 saturated heterocycles. The van der Waals surface area contributed by atoms with Crippen LogP contribution in [0.1, 0.15) is 46.5 Å². The van der Waals surface area contributed by atoms with Crippen molar-refractivity contribution in [1.29, 1.82) is 0 Å². The van der Waals surface area contributed by atoms with Crippen molar-refractivity contribution in [2.75, 3.05) is 6.61 Å². The molecule has 0 aliphatic carbocycles. The Morgan fingerprint density at radius 2 is 1.83 bits per heavy atom. The molecule has 1 atom stereocenters. The van der Waals surface area contributed by atoms with Crippen LogP contribution in [0, 0.1) is 5.92 Å². The zero-order valence-electron chi connectivity index (χ0n) is 8.51. The van der Waals surface area contributed by atoms with Crippen LogP contribution in [0.2, 0.25) is 0 Å². The van der Waals surface area contributed by atoms with Crippen LogP contribution in [-0.2, 0) is 0 Å². The van der Waals surface area contributed by atoms with Gasteiger partial charge in [-0.1, -0.05) is 19.8 Å². The lowest BCUT2D eigenvalue weighted by Gasteiger charge is -2.17. The first-order chi connectivity index (χ1) is 5.45. The predicted molar refractivity (Wildman–Crippen MR) is 51.0 cm³/mol. The summed E-state index contributed by atoms with van der Waals surface area (Å²) in [6, 6.07) is 0. The monoisotopic (exact) mass is 174 g/mol. The van der Waals surface area contributed by atoms with E-state index in [4.69, 9.17) is 5.11 Å². The van der Waals surface area contributed by atoms with Crippen LogP contribution in [-0.4, -0.2) is 22.4 Å². The van der Waals surface area contributed by atoms with Crippen molar-refractivity contribution < 1.29 is 10.2 Å². The van der Waals surface area contributed by atoms with Gasteiger partial charge in [0, 0.05) is 6.61 Å². The zero-order chi connectivity index (χ0) is 9.61. The minimum Gasteiger partial charge on any atom is -0.396 e. The number of hydrogen-bond acceptors (Lipinski definition) is 2. The van der Waals surface area contributed by atoms with Gasteiger partial charge in [0.15, 0.2) is 0 Å². The highest BCUT2D eigenvalue weighted by atomic mass is 16.3. The molecule has 74 valence electrons. The maximum atomic E-state index is 9.41. The maximum Gasteiger partial charge on any atom is 0.0591 e. The molecule has 2 heteroatoms. The van der Waals surface area contributed by atoms with Crippen LogP contribution < -0.4 is 0 Å². The molecule has 0 spiro atoms. The predicted octanol–water partition coefficient (Wildman–Crippen LogP) is 1.95. The van der Waals surface area contributed by atoms with Crippen molar-refractivity contribution in [3.05, 3.63) is 0 Å². The molecular weight excluding hydrogens is 152 g/mol. The van der Waals surface area contributed by atoms with Gasteiger partial charge in [-0.2, -0.15) is 0 Å². The fraction of sp³-hybridized carbons (Fsp3) is 1.00. The Labute approximate surface area is 75.6 Å². The third kappa shape index (κ3) is 8.02. The summed E-state index contributed by atoms with van der Waals surface area (Å²) in [5.74, 6) is 0.581. The van der Waals surface area contributed by atoms with Crippen molar-refractivity contribution >= 4 is 0 Å². The summed E-state index contributed by atoms with van der Waals surface area (Å²) in [4.78, 5) is 0. The molecule has 0 fully saturated rings. The van der Waals surface area contributed by atoms with Gasteiger partial charge in [-0.15, -0.1) is 0 Å². The Kier molecular flexibility index (Phi) is 5.51. The average Bonchev–Trinajstić information content (AvgIpc) is 1.84. The van der Waals surface area contributed by atoms with Gasteiger partial charge >= 0.3 is 0 Å². The molecule has 0 bridgehead atoms. The molecule has 0 aromatic rings. The van der Waals surface area contributed by atoms with Gasteiger partial charge in [-0.3, -0.25) is 0 Å². The molecule has 0 heterocycles. The van der Waals surface area contributed by atoms with E-state index in [1.165, 1.54) is 0 Å². The smallest absolute Gasteiger partial charge is 0.0591 e. The fourth-order valence-electron chi connectivity index (χ4n) is 1.25. The van der Waals surface area contributed by atoms with Gasteiger partial charge in [0.05, 0.1) is 5.60 Å². The number of aliphatic hydroxyl groups excluding tert-OH is 1. The van der Waals surface area contributed by atoms with Crippen molar-refractivity contribution in [3.8, 4) is 0 Å². The summed E-state index contributed by atoms with van der Waals surface area (Å²) < 4.78 is 0. The van der Waals surface area contributed by atoms with E-state index in [9.17, 15) is 5.11 Å². The van der Waals surface area contributed by atoms with E-state index in [1.807, 2.05) is 13.8 Å². The molecule has 0 radical (unpaired) electrons. The third-order valence-corrected chi connectivity index (χ3v) is 2.11. The van der Waals surface area contributed by atoms with Crippen molar-refractivity contribution in [3.63, 3.8) is 0 Å². The van der Waals surface area contributed by atoms with Gasteiger partial charge < -0.3 is 10.2 Å². The van der Waals surface area contributed by atoms with E-state index in [0.29, 0.717) is 5.92 Å². The molecule has 0 amide bonds. The summed E-state index contributed by atoms with van der Waals surface area (Å²) in [6.45, 7) is 6.09. The average molecular weight is 174 g/mol. The Balaban J connectivity index is 3.31. The summed E-state index contributed by atoms with van der Waals surface area (Å²) in [5, 5.41) is 18.1. The number of hydrogen-bond donors (Lipinski definition) is 2. The highest BCUT2D eigenvalue weighted by Gasteiger charge is 2.12. The SMILES string of the molecule is C[C@H](CCO)CCCC(C)(C)O. The van der Waals surface area contributed by atoms with Crippen LogP contribution >= 0.6 is 0 Å². The van der Waals surface area contributed by atoms with E-state index in [-0.39, 0.29) is 6.61 Å². The zero-order valence-corrected chi connectivity index (χ0v) is 8.51. The molecule has 12 heavy (non-hydrogen) atoms. The standard InChI is InChI=1S/C10H22O2/c1-9(6-8-11)5-4-7-10(2,3)12/h9,11-12H,4-8H2,1-3H3/t9-/m0/s1. The van der Waals surface area contributed by atoms with Crippen LogP contribution in [0.4, 0.5) is 0 Å². The van der Waals surface area contributed by atoms with E-state index in [0.717, 1.165) is 25.7 Å². The van der Waals surface area contributed by atoms with Crippen molar-refractivity contribution in [2.45, 2.75) is 52.1 Å². The first-order valence-electron chi connectivity index (χ1n) is 4.79. The molecule has 0 aliphatic heterocycles. The van der Waals surface area contributed by atoms with Gasteiger partial charge in [0.2, 0.25) is 0 Å². The maximum absolute atomic E-state index is 9.41. The Bertz CT molecular complexity index is 105. The summed E-state index contributed by atoms with van der Waals surface area (Å²) in [6.07, 6.45) is 3.88. The second kappa shape index (κ2) is 5.55. The highest BCUT2D eigenvalue weighted by Crippen LogP contribution is 2.17.